The molecule has 0 spiro atoms. The second kappa shape index (κ2) is 5.77. The predicted molar refractivity (Wildman–Crippen MR) is 112 cm³/mol. The van der Waals surface area contributed by atoms with Gasteiger partial charge < -0.3 is 9.51 Å². The highest BCUT2D eigenvalue weighted by molar-refractivity contribution is 7.15. The van der Waals surface area contributed by atoms with Crippen molar-refractivity contribution in [3.8, 4) is 22.6 Å². The molecule has 0 radical (unpaired) electrons. The van der Waals surface area contributed by atoms with Crippen LogP contribution in [0.3, 0.4) is 0 Å². The van der Waals surface area contributed by atoms with Gasteiger partial charge in [-0.05, 0) is 44.9 Å². The van der Waals surface area contributed by atoms with E-state index in [0.29, 0.717) is 6.04 Å². The molecule has 0 aromatic carbocycles. The molecule has 1 fully saturated rings. The summed E-state index contributed by atoms with van der Waals surface area (Å²) in [4.78, 5) is 10.3. The molecular formula is C21H20N6OS. The Morgan fingerprint density at radius 1 is 1.14 bits per heavy atom. The lowest BCUT2D eigenvalue weighted by atomic mass is 10.1. The summed E-state index contributed by atoms with van der Waals surface area (Å²) in [6, 6.07) is 6.61. The molecule has 1 aliphatic rings. The number of hydrogen-bond donors (Lipinski definition) is 1. The van der Waals surface area contributed by atoms with Crippen LogP contribution in [0, 0.1) is 0 Å². The Bertz CT molecular complexity index is 1360. The predicted octanol–water partition coefficient (Wildman–Crippen LogP) is 4.14. The van der Waals surface area contributed by atoms with Crippen LogP contribution in [0.25, 0.3) is 33.3 Å². The minimum atomic E-state index is -0.987. The van der Waals surface area contributed by atoms with Gasteiger partial charge >= 0.3 is 0 Å². The lowest BCUT2D eigenvalue weighted by Crippen LogP contribution is -2.18. The van der Waals surface area contributed by atoms with Crippen molar-refractivity contribution in [2.45, 2.75) is 38.3 Å². The number of rotatable bonds is 4. The maximum Gasteiger partial charge on any atom is 0.194 e. The van der Waals surface area contributed by atoms with E-state index < -0.39 is 5.60 Å². The summed E-state index contributed by atoms with van der Waals surface area (Å²) in [6.07, 6.45) is 10.2. The topological polar surface area (TPSA) is 72.7 Å². The normalized spacial score (nSPS) is 15.0. The van der Waals surface area contributed by atoms with Gasteiger partial charge in [0.2, 0.25) is 0 Å². The van der Waals surface area contributed by atoms with E-state index in [9.17, 15) is 5.11 Å². The fraction of sp³-hybridized carbons (Fsp3) is 0.286. The van der Waals surface area contributed by atoms with Crippen LogP contribution < -0.4 is 0 Å². The Balaban J connectivity index is 1.57. The molecule has 7 nitrogen and oxygen atoms in total. The fourth-order valence-electron chi connectivity index (χ4n) is 3.82. The van der Waals surface area contributed by atoms with E-state index in [4.69, 9.17) is 10.1 Å². The molecule has 5 aromatic heterocycles. The van der Waals surface area contributed by atoms with Crippen molar-refractivity contribution in [1.29, 1.82) is 0 Å². The molecule has 0 unspecified atom stereocenters. The quantitative estimate of drug-likeness (QED) is 0.489. The van der Waals surface area contributed by atoms with Crippen molar-refractivity contribution in [1.82, 2.24) is 28.5 Å². The molecule has 1 saturated carbocycles. The summed E-state index contributed by atoms with van der Waals surface area (Å²) in [5, 5.41) is 17.4. The average Bonchev–Trinajstić information content (AvgIpc) is 3.08. The molecule has 0 aliphatic heterocycles. The molecule has 1 aliphatic carbocycles. The van der Waals surface area contributed by atoms with E-state index in [-0.39, 0.29) is 0 Å². The number of aliphatic hydroxyl groups is 1. The monoisotopic (exact) mass is 404 g/mol. The van der Waals surface area contributed by atoms with E-state index in [2.05, 4.69) is 26.3 Å². The largest absolute Gasteiger partial charge is 0.384 e. The van der Waals surface area contributed by atoms with Gasteiger partial charge in [0.05, 0.1) is 23.6 Å². The molecule has 0 bridgehead atoms. The summed E-state index contributed by atoms with van der Waals surface area (Å²) in [7, 11) is 0. The molecular weight excluding hydrogens is 384 g/mol. The number of imidazole rings is 2. The molecule has 146 valence electrons. The van der Waals surface area contributed by atoms with E-state index in [0.717, 1.165) is 38.9 Å². The smallest absolute Gasteiger partial charge is 0.194 e. The highest BCUT2D eigenvalue weighted by Crippen LogP contribution is 2.37. The maximum atomic E-state index is 10.5. The number of pyridine rings is 1. The maximum absolute atomic E-state index is 10.5. The molecule has 5 aromatic rings. The fourth-order valence-corrected chi connectivity index (χ4v) is 4.53. The molecule has 29 heavy (non-hydrogen) atoms. The van der Waals surface area contributed by atoms with Gasteiger partial charge in [-0.1, -0.05) is 0 Å². The zero-order valence-electron chi connectivity index (χ0n) is 16.1. The first-order chi connectivity index (χ1) is 14.0. The van der Waals surface area contributed by atoms with Crippen molar-refractivity contribution < 1.29 is 5.11 Å². The third-order valence-corrected chi connectivity index (χ3v) is 6.20. The molecule has 0 atom stereocenters. The first-order valence-electron chi connectivity index (χ1n) is 9.70. The summed E-state index contributed by atoms with van der Waals surface area (Å²) in [5.41, 5.74) is 4.33. The van der Waals surface area contributed by atoms with Gasteiger partial charge in [-0.3, -0.25) is 9.08 Å². The molecule has 1 N–H and O–H groups in total. The highest BCUT2D eigenvalue weighted by atomic mass is 32.1. The van der Waals surface area contributed by atoms with Crippen molar-refractivity contribution >= 4 is 21.9 Å². The Morgan fingerprint density at radius 2 is 2.00 bits per heavy atom. The number of thiazole rings is 1. The molecule has 6 rings (SSSR count). The van der Waals surface area contributed by atoms with Gasteiger partial charge in [0.1, 0.15) is 22.6 Å². The minimum absolute atomic E-state index is 0.535. The van der Waals surface area contributed by atoms with Gasteiger partial charge in [-0.25, -0.2) is 9.97 Å². The Morgan fingerprint density at radius 3 is 2.79 bits per heavy atom. The number of nitrogens with zero attached hydrogens (tertiary/aromatic N) is 6. The highest BCUT2D eigenvalue weighted by Gasteiger charge is 2.26. The van der Waals surface area contributed by atoms with E-state index >= 15 is 0 Å². The van der Waals surface area contributed by atoms with Crippen molar-refractivity contribution in [2.75, 3.05) is 0 Å². The Labute approximate surface area is 170 Å². The van der Waals surface area contributed by atoms with Crippen LogP contribution in [0.2, 0.25) is 0 Å². The van der Waals surface area contributed by atoms with E-state index in [1.807, 2.05) is 34.3 Å². The Hall–Kier alpha value is -2.97. The molecule has 5 heterocycles. The average molecular weight is 404 g/mol. The lowest BCUT2D eigenvalue weighted by molar-refractivity contribution is 0.0730. The van der Waals surface area contributed by atoms with Crippen molar-refractivity contribution in [3.05, 3.63) is 54.1 Å². The van der Waals surface area contributed by atoms with Gasteiger partial charge in [-0.15, -0.1) is 11.3 Å². The number of hydrogen-bond acceptors (Lipinski definition) is 5. The lowest BCUT2D eigenvalue weighted by Gasteiger charge is -2.17. The summed E-state index contributed by atoms with van der Waals surface area (Å²) in [5.74, 6) is 0. The van der Waals surface area contributed by atoms with Gasteiger partial charge in [0, 0.05) is 29.5 Å². The van der Waals surface area contributed by atoms with E-state index in [1.54, 1.807) is 31.4 Å². The van der Waals surface area contributed by atoms with Gasteiger partial charge in [0.25, 0.3) is 0 Å². The van der Waals surface area contributed by atoms with Gasteiger partial charge in [0.15, 0.2) is 4.96 Å². The number of fused-ring (bicyclic) bond motifs is 2. The second-order valence-electron chi connectivity index (χ2n) is 8.13. The van der Waals surface area contributed by atoms with Crippen molar-refractivity contribution in [2.24, 2.45) is 0 Å². The van der Waals surface area contributed by atoms with Crippen LogP contribution in [-0.4, -0.2) is 33.7 Å². The van der Waals surface area contributed by atoms with Crippen LogP contribution in [0.1, 0.15) is 38.4 Å². The summed E-state index contributed by atoms with van der Waals surface area (Å²) >= 11 is 1.61. The first kappa shape index (κ1) is 16.9. The molecule has 0 amide bonds. The summed E-state index contributed by atoms with van der Waals surface area (Å²) < 4.78 is 6.11. The van der Waals surface area contributed by atoms with Crippen LogP contribution in [0.5, 0.6) is 0 Å². The van der Waals surface area contributed by atoms with Gasteiger partial charge in [-0.2, -0.15) is 5.10 Å². The SMILES string of the molecule is CC(C)(O)c1cnc2ccc(-c3c(-c4ccn(C5CC5)n4)nc4sccn34)cn12. The molecule has 8 heteroatoms. The third-order valence-electron chi connectivity index (χ3n) is 5.44. The van der Waals surface area contributed by atoms with Crippen LogP contribution in [0.15, 0.2) is 48.4 Å². The van der Waals surface area contributed by atoms with Crippen molar-refractivity contribution in [3.63, 3.8) is 0 Å². The zero-order chi connectivity index (χ0) is 19.8. The zero-order valence-corrected chi connectivity index (χ0v) is 17.0. The number of aromatic nitrogens is 6. The van der Waals surface area contributed by atoms with Crippen LogP contribution >= 0.6 is 11.3 Å². The molecule has 0 saturated heterocycles. The second-order valence-corrected chi connectivity index (χ2v) is 9.00. The standard InChI is InChI=1S/C21H20N6OS/c1-21(2,28)16-11-22-17-6-3-13(12-26(16)17)19-18(23-20-25(19)9-10-29-20)15-7-8-27(24-15)14-4-5-14/h3,6-12,14,28H,4-5H2,1-2H3. The van der Waals surface area contributed by atoms with E-state index in [1.165, 1.54) is 12.8 Å². The van der Waals surface area contributed by atoms with Crippen LogP contribution in [-0.2, 0) is 5.60 Å². The minimum Gasteiger partial charge on any atom is -0.384 e. The summed E-state index contributed by atoms with van der Waals surface area (Å²) in [6.45, 7) is 3.55. The van der Waals surface area contributed by atoms with Crippen LogP contribution in [0.4, 0.5) is 0 Å². The first-order valence-corrected chi connectivity index (χ1v) is 10.6. The Kier molecular flexibility index (Phi) is 3.37. The third kappa shape index (κ3) is 2.63.